The number of halogens is 1. The Balaban J connectivity index is 2.09. The third-order valence-corrected chi connectivity index (χ3v) is 3.32. The lowest BCUT2D eigenvalue weighted by Crippen LogP contribution is -2.17. The average molecular weight is 349 g/mol. The number of methoxy groups -OCH3 is 1. The van der Waals surface area contributed by atoms with Gasteiger partial charge in [0.15, 0.2) is 11.5 Å². The first kappa shape index (κ1) is 17.6. The molecule has 1 amide bonds. The van der Waals surface area contributed by atoms with Gasteiger partial charge in [-0.1, -0.05) is 11.6 Å². The van der Waals surface area contributed by atoms with Crippen molar-refractivity contribution in [2.24, 2.45) is 5.10 Å². The normalized spacial score (nSPS) is 10.6. The maximum atomic E-state index is 12.1. The molecule has 0 saturated heterocycles. The van der Waals surface area contributed by atoms with Crippen molar-refractivity contribution in [1.82, 2.24) is 5.43 Å². The molecule has 0 atom stereocenters. The van der Waals surface area contributed by atoms with Gasteiger partial charge in [0.25, 0.3) is 5.91 Å². The van der Waals surface area contributed by atoms with Crippen LogP contribution in [-0.2, 0) is 0 Å². The fraction of sp³-hybridized carbons (Fsp3) is 0.176. The molecule has 0 saturated carbocycles. The lowest BCUT2D eigenvalue weighted by molar-refractivity contribution is 0.0954. The summed E-state index contributed by atoms with van der Waals surface area (Å²) < 4.78 is 10.6. The van der Waals surface area contributed by atoms with Crippen molar-refractivity contribution in [3.05, 3.63) is 52.5 Å². The number of nitrogens with one attached hydrogen (secondary N) is 1. The Kier molecular flexibility index (Phi) is 6.03. The fourth-order valence-electron chi connectivity index (χ4n) is 1.94. The molecule has 2 aromatic rings. The molecule has 2 aromatic carbocycles. The molecule has 126 valence electrons. The van der Waals surface area contributed by atoms with E-state index in [-0.39, 0.29) is 5.75 Å². The Labute approximate surface area is 144 Å². The van der Waals surface area contributed by atoms with Crippen molar-refractivity contribution in [3.8, 4) is 17.2 Å². The summed E-state index contributed by atoms with van der Waals surface area (Å²) in [5, 5.41) is 13.9. The number of hydrogen-bond donors (Lipinski definition) is 2. The average Bonchev–Trinajstić information content (AvgIpc) is 2.58. The van der Waals surface area contributed by atoms with E-state index < -0.39 is 5.91 Å². The van der Waals surface area contributed by atoms with E-state index in [1.807, 2.05) is 6.92 Å². The van der Waals surface area contributed by atoms with E-state index in [0.29, 0.717) is 34.3 Å². The highest BCUT2D eigenvalue weighted by atomic mass is 35.5. The number of rotatable bonds is 6. The molecular weight excluding hydrogens is 332 g/mol. The van der Waals surface area contributed by atoms with Gasteiger partial charge in [-0.25, -0.2) is 5.43 Å². The van der Waals surface area contributed by atoms with E-state index in [9.17, 15) is 9.90 Å². The second-order valence-corrected chi connectivity index (χ2v) is 5.14. The van der Waals surface area contributed by atoms with Crippen LogP contribution >= 0.6 is 11.6 Å². The van der Waals surface area contributed by atoms with E-state index in [2.05, 4.69) is 10.5 Å². The molecular formula is C17H17ClN2O4. The van der Waals surface area contributed by atoms with Gasteiger partial charge in [0.05, 0.1) is 19.9 Å². The number of amides is 1. The van der Waals surface area contributed by atoms with Crippen LogP contribution in [0.5, 0.6) is 17.2 Å². The number of hydrazone groups is 1. The van der Waals surface area contributed by atoms with Crippen molar-refractivity contribution in [1.29, 1.82) is 0 Å². The molecule has 0 aromatic heterocycles. The Morgan fingerprint density at radius 2 is 2.08 bits per heavy atom. The predicted molar refractivity (Wildman–Crippen MR) is 92.3 cm³/mol. The highest BCUT2D eigenvalue weighted by Crippen LogP contribution is 2.28. The highest BCUT2D eigenvalue weighted by molar-refractivity contribution is 6.30. The van der Waals surface area contributed by atoms with Gasteiger partial charge in [-0.3, -0.25) is 4.79 Å². The fourth-order valence-corrected chi connectivity index (χ4v) is 2.12. The molecule has 6 nitrogen and oxygen atoms in total. The van der Waals surface area contributed by atoms with Gasteiger partial charge in [-0.05, 0) is 43.3 Å². The molecule has 0 spiro atoms. The van der Waals surface area contributed by atoms with Crippen LogP contribution in [0.2, 0.25) is 5.02 Å². The quantitative estimate of drug-likeness (QED) is 0.620. The molecule has 0 heterocycles. The lowest BCUT2D eigenvalue weighted by atomic mass is 10.2. The minimum absolute atomic E-state index is 0.0140. The Morgan fingerprint density at radius 3 is 2.79 bits per heavy atom. The van der Waals surface area contributed by atoms with Gasteiger partial charge >= 0.3 is 0 Å². The molecule has 0 unspecified atom stereocenters. The number of phenolic OH excluding ortho intramolecular Hbond substituents is 1. The van der Waals surface area contributed by atoms with Crippen molar-refractivity contribution < 1.29 is 19.4 Å². The number of hydrogen-bond acceptors (Lipinski definition) is 5. The van der Waals surface area contributed by atoms with E-state index in [0.717, 1.165) is 0 Å². The number of carbonyl (C=O) groups is 1. The maximum Gasteiger partial charge on any atom is 0.271 e. The SMILES string of the molecule is CCOc1ccc(C(=O)N/N=C/c2cc(Cl)ccc2O)cc1OC. The monoisotopic (exact) mass is 348 g/mol. The number of aromatic hydroxyl groups is 1. The van der Waals surface area contributed by atoms with Crippen LogP contribution < -0.4 is 14.9 Å². The summed E-state index contributed by atoms with van der Waals surface area (Å²) in [5.41, 5.74) is 3.14. The van der Waals surface area contributed by atoms with Crippen LogP contribution in [0.25, 0.3) is 0 Å². The molecule has 0 fully saturated rings. The first-order valence-corrected chi connectivity index (χ1v) is 7.55. The number of benzene rings is 2. The second kappa shape index (κ2) is 8.21. The first-order valence-electron chi connectivity index (χ1n) is 7.18. The topological polar surface area (TPSA) is 80.2 Å². The number of ether oxygens (including phenoxy) is 2. The summed E-state index contributed by atoms with van der Waals surface area (Å²) in [5.74, 6) is 0.610. The number of carbonyl (C=O) groups excluding carboxylic acids is 1. The van der Waals surface area contributed by atoms with Crippen molar-refractivity contribution >= 4 is 23.7 Å². The van der Waals surface area contributed by atoms with E-state index in [1.165, 1.54) is 25.5 Å². The van der Waals surface area contributed by atoms with Gasteiger partial charge in [0.1, 0.15) is 5.75 Å². The van der Waals surface area contributed by atoms with Gasteiger partial charge < -0.3 is 14.6 Å². The summed E-state index contributed by atoms with van der Waals surface area (Å²) in [4.78, 5) is 12.1. The molecule has 24 heavy (non-hydrogen) atoms. The predicted octanol–water partition coefficient (Wildman–Crippen LogP) is 3.22. The third kappa shape index (κ3) is 4.39. The van der Waals surface area contributed by atoms with Gasteiger partial charge in [0.2, 0.25) is 0 Å². The van der Waals surface area contributed by atoms with E-state index >= 15 is 0 Å². The molecule has 0 aliphatic carbocycles. The maximum absolute atomic E-state index is 12.1. The second-order valence-electron chi connectivity index (χ2n) is 4.70. The molecule has 7 heteroatoms. The van der Waals surface area contributed by atoms with Crippen LogP contribution in [0, 0.1) is 0 Å². The van der Waals surface area contributed by atoms with Crippen LogP contribution in [0.3, 0.4) is 0 Å². The van der Waals surface area contributed by atoms with E-state index in [1.54, 1.807) is 24.3 Å². The molecule has 0 aliphatic heterocycles. The number of nitrogens with zero attached hydrogens (tertiary/aromatic N) is 1. The summed E-state index contributed by atoms with van der Waals surface area (Å²) in [6, 6.07) is 9.36. The van der Waals surface area contributed by atoms with Crippen LogP contribution in [0.1, 0.15) is 22.8 Å². The van der Waals surface area contributed by atoms with Gasteiger partial charge in [0, 0.05) is 16.1 Å². The van der Waals surface area contributed by atoms with E-state index in [4.69, 9.17) is 21.1 Å². The Hall–Kier alpha value is -2.73. The zero-order valence-corrected chi connectivity index (χ0v) is 14.0. The van der Waals surface area contributed by atoms with Crippen LogP contribution in [0.4, 0.5) is 0 Å². The van der Waals surface area contributed by atoms with Gasteiger partial charge in [-0.15, -0.1) is 0 Å². The minimum atomic E-state index is -0.422. The Bertz CT molecular complexity index is 762. The lowest BCUT2D eigenvalue weighted by Gasteiger charge is -2.10. The molecule has 2 rings (SSSR count). The smallest absolute Gasteiger partial charge is 0.271 e. The summed E-state index contributed by atoms with van der Waals surface area (Å²) in [6.07, 6.45) is 1.31. The standard InChI is InChI=1S/C17H17ClN2O4/c1-3-24-15-7-4-11(9-16(15)23-2)17(22)20-19-10-12-8-13(18)5-6-14(12)21/h4-10,21H,3H2,1-2H3,(H,20,22)/b19-10+. The molecule has 2 N–H and O–H groups in total. The largest absolute Gasteiger partial charge is 0.507 e. The molecule has 0 bridgehead atoms. The molecule has 0 aliphatic rings. The summed E-state index contributed by atoms with van der Waals surface area (Å²) in [6.45, 7) is 2.36. The molecule has 0 radical (unpaired) electrons. The number of phenols is 1. The summed E-state index contributed by atoms with van der Waals surface area (Å²) >= 11 is 5.84. The first-order chi connectivity index (χ1) is 11.5. The van der Waals surface area contributed by atoms with Crippen LogP contribution in [-0.4, -0.2) is 30.9 Å². The van der Waals surface area contributed by atoms with Crippen molar-refractivity contribution in [2.45, 2.75) is 6.92 Å². The van der Waals surface area contributed by atoms with Crippen LogP contribution in [0.15, 0.2) is 41.5 Å². The summed E-state index contributed by atoms with van der Waals surface area (Å²) in [7, 11) is 1.50. The highest BCUT2D eigenvalue weighted by Gasteiger charge is 2.10. The minimum Gasteiger partial charge on any atom is -0.507 e. The zero-order valence-electron chi connectivity index (χ0n) is 13.2. The van der Waals surface area contributed by atoms with Crippen molar-refractivity contribution in [3.63, 3.8) is 0 Å². The zero-order chi connectivity index (χ0) is 17.5. The Morgan fingerprint density at radius 1 is 1.29 bits per heavy atom. The van der Waals surface area contributed by atoms with Crippen molar-refractivity contribution in [2.75, 3.05) is 13.7 Å². The third-order valence-electron chi connectivity index (χ3n) is 3.08. The van der Waals surface area contributed by atoms with Gasteiger partial charge in [-0.2, -0.15) is 5.10 Å².